The smallest absolute Gasteiger partial charge is 0.0665 e. The molecule has 0 amide bonds. The number of fused-ring (bicyclic) bond motifs is 9. The summed E-state index contributed by atoms with van der Waals surface area (Å²) in [5, 5.41) is 0. The lowest BCUT2D eigenvalue weighted by Crippen LogP contribution is -2.25. The van der Waals surface area contributed by atoms with Crippen LogP contribution in [0, 0.1) is 18.3 Å². The molecule has 0 saturated heterocycles. The van der Waals surface area contributed by atoms with Gasteiger partial charge in [0, 0.05) is 6.20 Å². The topological polar surface area (TPSA) is 12.4 Å². The maximum absolute atomic E-state index is 5.32. The first-order valence-corrected chi connectivity index (χ1v) is 18.2. The van der Waals surface area contributed by atoms with Gasteiger partial charge in [-0.15, -0.1) is 5.73 Å². The highest BCUT2D eigenvalue weighted by molar-refractivity contribution is 6.16. The number of benzene rings is 2. The SMILES string of the molecule is CC=CC1(C2CC3=C(C=C2C(/C=C\C(C)=C\C)=N\C=C(C)/C=C(/C)CC)c2cccc(c2C)-c2ccc4c(c23)C2=C(C=CC=C=C2)C4)CC1. The van der Waals surface area contributed by atoms with Gasteiger partial charge in [-0.25, -0.2) is 0 Å². The second kappa shape index (κ2) is 13.3. The molecule has 0 radical (unpaired) electrons. The van der Waals surface area contributed by atoms with E-state index in [0.717, 1.165) is 25.0 Å². The quantitative estimate of drug-likeness (QED) is 0.118. The Morgan fingerprint density at radius 2 is 1.78 bits per heavy atom. The first-order chi connectivity index (χ1) is 23.8. The van der Waals surface area contributed by atoms with Crippen LogP contribution in [-0.2, 0) is 6.42 Å². The number of rotatable bonds is 8. The van der Waals surface area contributed by atoms with Gasteiger partial charge in [0.2, 0.25) is 0 Å². The van der Waals surface area contributed by atoms with Gasteiger partial charge in [0.25, 0.3) is 0 Å². The van der Waals surface area contributed by atoms with Crippen LogP contribution in [0.3, 0.4) is 0 Å². The van der Waals surface area contributed by atoms with Gasteiger partial charge in [-0.2, -0.15) is 0 Å². The zero-order valence-corrected chi connectivity index (χ0v) is 30.4. The van der Waals surface area contributed by atoms with Crippen LogP contribution in [0.25, 0.3) is 27.8 Å². The van der Waals surface area contributed by atoms with Crippen molar-refractivity contribution in [2.45, 2.75) is 80.6 Å². The Kier molecular flexibility index (Phi) is 8.91. The van der Waals surface area contributed by atoms with E-state index in [4.69, 9.17) is 4.99 Å². The van der Waals surface area contributed by atoms with Gasteiger partial charge in [0.15, 0.2) is 0 Å². The molecule has 1 saturated carbocycles. The second-order valence-electron chi connectivity index (χ2n) is 14.5. The Morgan fingerprint density at radius 1 is 0.959 bits per heavy atom. The Bertz CT molecular complexity index is 2120. The fourth-order valence-corrected chi connectivity index (χ4v) is 8.32. The van der Waals surface area contributed by atoms with Gasteiger partial charge in [-0.3, -0.25) is 4.99 Å². The molecule has 1 unspecified atom stereocenters. The Hall–Kier alpha value is -4.71. The standard InChI is InChI=1S/C48H49N/c1-8-23-48(24-25-48)44-29-42-41(28-43(44)45(22-19-31(4)9-2)49-30-33(6)26-32(5)10-3)38-18-14-17-37(34(38)7)40-21-20-36-27-35-15-12-11-13-16-39(35)46(36)47(40)42/h8-9,11-12,14-23,26,28,30,44H,10,24-25,27,29H2,1-7H3/b22-19-,23-8?,31-9+,32-26-,33-30-,49-45-. The molecule has 0 aromatic heterocycles. The van der Waals surface area contributed by atoms with Crippen LogP contribution < -0.4 is 0 Å². The minimum absolute atomic E-state index is 0.136. The number of hydrogen-bond acceptors (Lipinski definition) is 1. The van der Waals surface area contributed by atoms with Crippen LogP contribution in [-0.4, -0.2) is 5.71 Å². The van der Waals surface area contributed by atoms with Crippen LogP contribution in [0.15, 0.2) is 142 Å². The molecule has 2 aromatic rings. The molecule has 0 aliphatic heterocycles. The zero-order chi connectivity index (χ0) is 34.3. The summed E-state index contributed by atoms with van der Waals surface area (Å²) in [6.07, 6.45) is 32.5. The van der Waals surface area contributed by atoms with Crippen molar-refractivity contribution in [1.29, 1.82) is 0 Å². The number of allylic oxidation sites excluding steroid dienone is 18. The van der Waals surface area contributed by atoms with Crippen molar-refractivity contribution in [3.63, 3.8) is 0 Å². The summed E-state index contributed by atoms with van der Waals surface area (Å²) in [5.74, 6) is 0.318. The van der Waals surface area contributed by atoms with Crippen LogP contribution in [0.4, 0.5) is 0 Å². The second-order valence-corrected chi connectivity index (χ2v) is 14.5. The molecule has 0 N–H and O–H groups in total. The van der Waals surface area contributed by atoms with E-state index in [9.17, 15) is 0 Å². The summed E-state index contributed by atoms with van der Waals surface area (Å²) in [4.78, 5) is 5.32. The highest BCUT2D eigenvalue weighted by atomic mass is 14.7. The predicted octanol–water partition coefficient (Wildman–Crippen LogP) is 13.0. The number of hydrogen-bond donors (Lipinski definition) is 0. The lowest BCUT2D eigenvalue weighted by atomic mass is 9.69. The molecule has 246 valence electrons. The monoisotopic (exact) mass is 639 g/mol. The Morgan fingerprint density at radius 3 is 2.53 bits per heavy atom. The van der Waals surface area contributed by atoms with E-state index >= 15 is 0 Å². The summed E-state index contributed by atoms with van der Waals surface area (Å²) < 4.78 is 0. The maximum atomic E-state index is 5.32. The van der Waals surface area contributed by atoms with Crippen molar-refractivity contribution in [2.24, 2.45) is 16.3 Å². The van der Waals surface area contributed by atoms with E-state index in [0.29, 0.717) is 5.92 Å². The van der Waals surface area contributed by atoms with Gasteiger partial charge in [0.1, 0.15) is 0 Å². The van der Waals surface area contributed by atoms with Gasteiger partial charge < -0.3 is 0 Å². The van der Waals surface area contributed by atoms with E-state index < -0.39 is 0 Å². The molecule has 2 bridgehead atoms. The Balaban J connectivity index is 1.53. The summed E-state index contributed by atoms with van der Waals surface area (Å²) >= 11 is 0. The summed E-state index contributed by atoms with van der Waals surface area (Å²) in [6, 6.07) is 11.7. The molecular formula is C48H49N. The summed E-state index contributed by atoms with van der Waals surface area (Å²) in [7, 11) is 0. The lowest BCUT2D eigenvalue weighted by molar-refractivity contribution is 0.452. The van der Waals surface area contributed by atoms with Gasteiger partial charge >= 0.3 is 0 Å². The van der Waals surface area contributed by atoms with Gasteiger partial charge in [-0.1, -0.05) is 90.9 Å². The molecule has 5 aliphatic carbocycles. The molecule has 49 heavy (non-hydrogen) atoms. The van der Waals surface area contributed by atoms with Crippen LogP contribution >= 0.6 is 0 Å². The molecule has 1 fully saturated rings. The average Bonchev–Trinajstić information content (AvgIpc) is 3.86. The zero-order valence-electron chi connectivity index (χ0n) is 30.4. The summed E-state index contributed by atoms with van der Waals surface area (Å²) in [5.41, 5.74) is 25.1. The van der Waals surface area contributed by atoms with E-state index in [2.05, 4.69) is 151 Å². The first-order valence-electron chi connectivity index (χ1n) is 18.2. The molecule has 1 heteroatoms. The maximum Gasteiger partial charge on any atom is 0.0665 e. The van der Waals surface area contributed by atoms with Crippen molar-refractivity contribution in [2.75, 3.05) is 0 Å². The third-order valence-corrected chi connectivity index (χ3v) is 11.3. The normalized spacial score (nSPS) is 21.2. The van der Waals surface area contributed by atoms with Crippen LogP contribution in [0.2, 0.25) is 0 Å². The third-order valence-electron chi connectivity index (χ3n) is 11.3. The van der Waals surface area contributed by atoms with Gasteiger partial charge in [0.05, 0.1) is 5.71 Å². The molecule has 7 rings (SSSR count). The summed E-state index contributed by atoms with van der Waals surface area (Å²) in [6.45, 7) is 15.4. The van der Waals surface area contributed by atoms with E-state index in [1.807, 2.05) is 6.08 Å². The molecule has 1 nitrogen and oxygen atoms in total. The van der Waals surface area contributed by atoms with Crippen molar-refractivity contribution >= 4 is 22.4 Å². The van der Waals surface area contributed by atoms with E-state index in [1.54, 1.807) is 0 Å². The highest BCUT2D eigenvalue weighted by Gasteiger charge is 2.50. The predicted molar refractivity (Wildman–Crippen MR) is 212 cm³/mol. The lowest BCUT2D eigenvalue weighted by Gasteiger charge is -2.34. The van der Waals surface area contributed by atoms with E-state index in [-0.39, 0.29) is 5.41 Å². The fourth-order valence-electron chi connectivity index (χ4n) is 8.32. The largest absolute Gasteiger partial charge is 0.256 e. The molecule has 0 heterocycles. The third kappa shape index (κ3) is 5.96. The minimum Gasteiger partial charge on any atom is -0.256 e. The van der Waals surface area contributed by atoms with Crippen molar-refractivity contribution in [3.8, 4) is 11.1 Å². The highest BCUT2D eigenvalue weighted by Crippen LogP contribution is 2.62. The Labute approximate surface area is 294 Å². The molecule has 5 aliphatic rings. The molecule has 1 atom stereocenters. The number of aliphatic imine (C=N–C) groups is 1. The number of nitrogens with zero attached hydrogens (tertiary/aromatic N) is 1. The van der Waals surface area contributed by atoms with Crippen molar-refractivity contribution in [3.05, 3.63) is 165 Å². The molecular weight excluding hydrogens is 591 g/mol. The molecule has 2 aromatic carbocycles. The average molecular weight is 640 g/mol. The minimum atomic E-state index is 0.136. The first kappa shape index (κ1) is 32.8. The van der Waals surface area contributed by atoms with E-state index in [1.165, 1.54) is 96.4 Å². The van der Waals surface area contributed by atoms with Crippen molar-refractivity contribution < 1.29 is 0 Å². The van der Waals surface area contributed by atoms with Crippen LogP contribution in [0.1, 0.15) is 95.0 Å². The molecule has 0 spiro atoms. The van der Waals surface area contributed by atoms with Crippen LogP contribution in [0.5, 0.6) is 0 Å². The fraction of sp³-hybridized carbons (Fsp3) is 0.292. The van der Waals surface area contributed by atoms with Gasteiger partial charge in [-0.05, 0) is 182 Å². The van der Waals surface area contributed by atoms with Crippen molar-refractivity contribution in [1.82, 2.24) is 0 Å².